The predicted octanol–water partition coefficient (Wildman–Crippen LogP) is 5.81. The average Bonchev–Trinajstić information content (AvgIpc) is 3.29. The number of carbonyl (C=O) groups is 3. The molecular formula is C28H22FN3O3S. The fraction of sp³-hybridized carbons (Fsp3) is 0.107. The van der Waals surface area contributed by atoms with Crippen molar-refractivity contribution in [2.45, 2.75) is 13.5 Å². The van der Waals surface area contributed by atoms with E-state index >= 15 is 0 Å². The molecule has 4 aromatic rings. The molecule has 1 aromatic heterocycles. The number of aromatic nitrogens is 1. The number of halogens is 1. The van der Waals surface area contributed by atoms with Gasteiger partial charge in [-0.25, -0.2) is 4.39 Å². The van der Waals surface area contributed by atoms with Gasteiger partial charge in [-0.05, 0) is 48.5 Å². The lowest BCUT2D eigenvalue weighted by atomic mass is 10.1. The Bertz CT molecular complexity index is 1530. The van der Waals surface area contributed by atoms with Crippen LogP contribution in [0.15, 0.2) is 83.8 Å². The van der Waals surface area contributed by atoms with Gasteiger partial charge in [0.1, 0.15) is 12.4 Å². The smallest absolute Gasteiger partial charge is 0.294 e. The number of anilines is 1. The third-order valence-corrected chi connectivity index (χ3v) is 6.97. The first-order valence-electron chi connectivity index (χ1n) is 11.3. The van der Waals surface area contributed by atoms with Gasteiger partial charge < -0.3 is 9.88 Å². The Morgan fingerprint density at radius 2 is 1.67 bits per heavy atom. The number of nitrogens with zero attached hydrogens (tertiary/aromatic N) is 2. The van der Waals surface area contributed by atoms with Crippen LogP contribution in [0.2, 0.25) is 0 Å². The number of amides is 3. The molecule has 0 atom stereocenters. The summed E-state index contributed by atoms with van der Waals surface area (Å²) in [6, 6.07) is 23.7. The molecule has 0 aliphatic carbocycles. The molecule has 2 heterocycles. The van der Waals surface area contributed by atoms with Gasteiger partial charge in [-0.2, -0.15) is 0 Å². The van der Waals surface area contributed by atoms with E-state index in [2.05, 4.69) is 22.0 Å². The van der Waals surface area contributed by atoms with Crippen LogP contribution < -0.4 is 5.32 Å². The first-order valence-corrected chi connectivity index (χ1v) is 12.2. The molecule has 3 aromatic carbocycles. The summed E-state index contributed by atoms with van der Waals surface area (Å²) in [5.41, 5.74) is 3.97. The van der Waals surface area contributed by atoms with Crippen molar-refractivity contribution in [1.29, 1.82) is 0 Å². The van der Waals surface area contributed by atoms with Crippen molar-refractivity contribution in [2.24, 2.45) is 0 Å². The third-order valence-electron chi connectivity index (χ3n) is 6.06. The minimum atomic E-state index is -0.653. The zero-order valence-electron chi connectivity index (χ0n) is 19.4. The minimum Gasteiger partial charge on any atom is -0.340 e. The van der Waals surface area contributed by atoms with Gasteiger partial charge in [0.15, 0.2) is 0 Å². The van der Waals surface area contributed by atoms with Gasteiger partial charge in [-0.15, -0.1) is 0 Å². The van der Waals surface area contributed by atoms with E-state index in [-0.39, 0.29) is 10.6 Å². The molecule has 1 N–H and O–H groups in total. The Morgan fingerprint density at radius 3 is 2.44 bits per heavy atom. The molecule has 8 heteroatoms. The van der Waals surface area contributed by atoms with Crippen molar-refractivity contribution < 1.29 is 18.8 Å². The average molecular weight is 500 g/mol. The van der Waals surface area contributed by atoms with E-state index in [4.69, 9.17) is 0 Å². The van der Waals surface area contributed by atoms with Gasteiger partial charge in [0, 0.05) is 28.7 Å². The first-order chi connectivity index (χ1) is 17.4. The summed E-state index contributed by atoms with van der Waals surface area (Å²) in [6.45, 7) is 2.16. The van der Waals surface area contributed by atoms with Crippen molar-refractivity contribution in [3.8, 4) is 0 Å². The number of fused-ring (bicyclic) bond motifs is 1. The monoisotopic (exact) mass is 499 g/mol. The molecule has 1 saturated heterocycles. The van der Waals surface area contributed by atoms with Gasteiger partial charge >= 0.3 is 0 Å². The van der Waals surface area contributed by atoms with Crippen LogP contribution in [0.5, 0.6) is 0 Å². The summed E-state index contributed by atoms with van der Waals surface area (Å²) in [6.07, 6.45) is 1.72. The van der Waals surface area contributed by atoms with E-state index in [1.54, 1.807) is 12.1 Å². The molecule has 36 heavy (non-hydrogen) atoms. The lowest BCUT2D eigenvalue weighted by Gasteiger charge is -2.12. The molecular weight excluding hydrogens is 477 g/mol. The Hall–Kier alpha value is -4.17. The number of hydrogen-bond donors (Lipinski definition) is 1. The summed E-state index contributed by atoms with van der Waals surface area (Å²) in [7, 11) is 0. The zero-order chi connectivity index (χ0) is 25.2. The topological polar surface area (TPSA) is 71.4 Å². The van der Waals surface area contributed by atoms with E-state index in [1.165, 1.54) is 18.2 Å². The van der Waals surface area contributed by atoms with Gasteiger partial charge in [-0.3, -0.25) is 19.3 Å². The van der Waals surface area contributed by atoms with Crippen LogP contribution in [0.4, 0.5) is 14.9 Å². The van der Waals surface area contributed by atoms with Crippen molar-refractivity contribution in [1.82, 2.24) is 9.47 Å². The maximum atomic E-state index is 13.8. The fourth-order valence-corrected chi connectivity index (χ4v) is 5.09. The summed E-state index contributed by atoms with van der Waals surface area (Å²) < 4.78 is 16.0. The number of hydrogen-bond acceptors (Lipinski definition) is 4. The molecule has 1 aliphatic heterocycles. The number of carbonyl (C=O) groups excluding carboxylic acids is 3. The molecule has 180 valence electrons. The van der Waals surface area contributed by atoms with E-state index < -0.39 is 29.4 Å². The van der Waals surface area contributed by atoms with E-state index in [0.717, 1.165) is 44.4 Å². The number of nitrogens with one attached hydrogen (secondary N) is 1. The van der Waals surface area contributed by atoms with Crippen LogP contribution in [0.25, 0.3) is 17.0 Å². The van der Waals surface area contributed by atoms with Crippen molar-refractivity contribution in [3.05, 3.63) is 106 Å². The van der Waals surface area contributed by atoms with Gasteiger partial charge in [0.2, 0.25) is 5.91 Å². The summed E-state index contributed by atoms with van der Waals surface area (Å²) >= 11 is 0.794. The van der Waals surface area contributed by atoms with Crippen LogP contribution in [0.3, 0.4) is 0 Å². The predicted molar refractivity (Wildman–Crippen MR) is 140 cm³/mol. The highest BCUT2D eigenvalue weighted by Crippen LogP contribution is 2.35. The molecule has 3 amide bonds. The minimum absolute atomic E-state index is 0.00753. The molecule has 0 bridgehead atoms. The summed E-state index contributed by atoms with van der Waals surface area (Å²) in [4.78, 5) is 39.2. The Morgan fingerprint density at radius 1 is 0.972 bits per heavy atom. The second-order valence-corrected chi connectivity index (χ2v) is 9.38. The van der Waals surface area contributed by atoms with Crippen LogP contribution >= 0.6 is 11.8 Å². The summed E-state index contributed by atoms with van der Waals surface area (Å²) in [5, 5.41) is 2.84. The maximum absolute atomic E-state index is 13.8. The van der Waals surface area contributed by atoms with E-state index in [9.17, 15) is 18.8 Å². The molecule has 0 unspecified atom stereocenters. The lowest BCUT2D eigenvalue weighted by Crippen LogP contribution is -2.36. The molecule has 5 rings (SSSR count). The third kappa shape index (κ3) is 4.55. The number of rotatable bonds is 6. The first kappa shape index (κ1) is 23.6. The molecule has 1 fully saturated rings. The van der Waals surface area contributed by atoms with Crippen LogP contribution in [-0.4, -0.2) is 33.1 Å². The van der Waals surface area contributed by atoms with Crippen molar-refractivity contribution in [3.63, 3.8) is 0 Å². The van der Waals surface area contributed by atoms with Crippen molar-refractivity contribution >= 4 is 51.5 Å². The highest BCUT2D eigenvalue weighted by Gasteiger charge is 2.36. The number of para-hydroxylation sites is 2. The Balaban J connectivity index is 1.42. The second-order valence-electron chi connectivity index (χ2n) is 8.38. The van der Waals surface area contributed by atoms with Gasteiger partial charge in [-0.1, -0.05) is 60.7 Å². The van der Waals surface area contributed by atoms with Gasteiger partial charge in [0.05, 0.1) is 10.6 Å². The SMILES string of the molecule is Cc1c(C=C2SC(=O)N(CC(=O)Nc3ccccc3F)C2=O)c2ccccc2n1Cc1ccccc1. The normalized spacial score (nSPS) is 14.7. The van der Waals surface area contributed by atoms with Gasteiger partial charge in [0.25, 0.3) is 11.1 Å². The number of imide groups is 1. The van der Waals surface area contributed by atoms with Crippen LogP contribution in [-0.2, 0) is 16.1 Å². The number of benzene rings is 3. The highest BCUT2D eigenvalue weighted by molar-refractivity contribution is 8.18. The molecule has 1 aliphatic rings. The standard InChI is InChI=1S/C28H22FN3O3S/c1-18-21(20-11-5-8-14-24(20)31(18)16-19-9-3-2-4-10-19)15-25-27(34)32(28(35)36-25)17-26(33)30-23-13-7-6-12-22(23)29/h2-15H,16-17H2,1H3,(H,30,33). The molecule has 0 radical (unpaired) electrons. The second kappa shape index (κ2) is 9.83. The van der Waals surface area contributed by atoms with E-state index in [1.807, 2.05) is 49.4 Å². The van der Waals surface area contributed by atoms with Crippen LogP contribution in [0, 0.1) is 12.7 Å². The Labute approximate surface area is 211 Å². The zero-order valence-corrected chi connectivity index (χ0v) is 20.2. The lowest BCUT2D eigenvalue weighted by molar-refractivity contribution is -0.127. The summed E-state index contributed by atoms with van der Waals surface area (Å²) in [5.74, 6) is -1.80. The largest absolute Gasteiger partial charge is 0.340 e. The maximum Gasteiger partial charge on any atom is 0.294 e. The number of thioether (sulfide) groups is 1. The fourth-order valence-electron chi connectivity index (χ4n) is 4.27. The van der Waals surface area contributed by atoms with Crippen LogP contribution in [0.1, 0.15) is 16.8 Å². The molecule has 0 saturated carbocycles. The van der Waals surface area contributed by atoms with Crippen molar-refractivity contribution in [2.75, 3.05) is 11.9 Å². The molecule has 6 nitrogen and oxygen atoms in total. The quantitative estimate of drug-likeness (QED) is 0.340. The highest BCUT2D eigenvalue weighted by atomic mass is 32.2. The Kier molecular flexibility index (Phi) is 6.43. The molecule has 0 spiro atoms. The van der Waals surface area contributed by atoms with E-state index in [0.29, 0.717) is 6.54 Å².